The van der Waals surface area contributed by atoms with Gasteiger partial charge in [0.25, 0.3) is 10.0 Å². The highest BCUT2D eigenvalue weighted by atomic mass is 32.2. The SMILES string of the molecule is Cc1ccc(CNC(=O)CN(C)C2=NS(=O)(=O)c3ccccc32)c(C)c1. The lowest BCUT2D eigenvalue weighted by Crippen LogP contribution is -2.38. The predicted molar refractivity (Wildman–Crippen MR) is 101 cm³/mol. The number of aryl methyl sites for hydroxylation is 2. The third-order valence-corrected chi connectivity index (χ3v) is 5.65. The molecule has 1 heterocycles. The van der Waals surface area contributed by atoms with Crippen molar-refractivity contribution in [3.8, 4) is 0 Å². The number of nitrogens with one attached hydrogen (secondary N) is 1. The number of carbonyl (C=O) groups is 1. The monoisotopic (exact) mass is 371 g/mol. The van der Waals surface area contributed by atoms with Gasteiger partial charge in [-0.2, -0.15) is 8.42 Å². The van der Waals surface area contributed by atoms with E-state index in [0.717, 1.165) is 11.1 Å². The first-order valence-corrected chi connectivity index (χ1v) is 9.70. The van der Waals surface area contributed by atoms with Crippen LogP contribution in [-0.4, -0.2) is 38.7 Å². The summed E-state index contributed by atoms with van der Waals surface area (Å²) in [7, 11) is -2.03. The van der Waals surface area contributed by atoms with E-state index >= 15 is 0 Å². The van der Waals surface area contributed by atoms with Gasteiger partial charge in [-0.05, 0) is 37.1 Å². The molecule has 0 aromatic heterocycles. The third kappa shape index (κ3) is 3.62. The molecule has 2 aromatic rings. The Morgan fingerprint density at radius 1 is 1.15 bits per heavy atom. The van der Waals surface area contributed by atoms with E-state index in [-0.39, 0.29) is 17.3 Å². The third-order valence-electron chi connectivity index (χ3n) is 4.33. The van der Waals surface area contributed by atoms with Crippen molar-refractivity contribution in [2.24, 2.45) is 4.40 Å². The molecule has 0 radical (unpaired) electrons. The molecule has 3 rings (SSSR count). The lowest BCUT2D eigenvalue weighted by Gasteiger charge is -2.18. The van der Waals surface area contributed by atoms with Crippen molar-refractivity contribution in [1.82, 2.24) is 10.2 Å². The summed E-state index contributed by atoms with van der Waals surface area (Å²) in [6.45, 7) is 4.49. The maximum atomic E-state index is 12.3. The molecule has 1 aliphatic rings. The normalized spacial score (nSPS) is 14.5. The van der Waals surface area contributed by atoms with Crippen LogP contribution in [0.3, 0.4) is 0 Å². The van der Waals surface area contributed by atoms with Crippen LogP contribution in [0.4, 0.5) is 0 Å². The molecule has 0 spiro atoms. The van der Waals surface area contributed by atoms with Gasteiger partial charge in [-0.1, -0.05) is 35.9 Å². The van der Waals surface area contributed by atoms with Crippen LogP contribution in [0.2, 0.25) is 0 Å². The summed E-state index contributed by atoms with van der Waals surface area (Å²) >= 11 is 0. The molecule has 1 N–H and O–H groups in total. The summed E-state index contributed by atoms with van der Waals surface area (Å²) in [4.78, 5) is 14.0. The van der Waals surface area contributed by atoms with E-state index < -0.39 is 10.0 Å². The van der Waals surface area contributed by atoms with Crippen LogP contribution >= 0.6 is 0 Å². The summed E-state index contributed by atoms with van der Waals surface area (Å²) in [5, 5.41) is 2.87. The van der Waals surface area contributed by atoms with Gasteiger partial charge in [0.2, 0.25) is 5.91 Å². The molecule has 0 atom stereocenters. The Bertz CT molecular complexity index is 997. The number of rotatable bonds is 4. The Balaban J connectivity index is 1.67. The van der Waals surface area contributed by atoms with Crippen LogP contribution in [-0.2, 0) is 21.4 Å². The van der Waals surface area contributed by atoms with Gasteiger partial charge in [-0.3, -0.25) is 4.79 Å². The van der Waals surface area contributed by atoms with E-state index in [1.165, 1.54) is 11.6 Å². The molecule has 2 aromatic carbocycles. The molecule has 0 saturated carbocycles. The second kappa shape index (κ2) is 6.92. The van der Waals surface area contributed by atoms with E-state index in [2.05, 4.69) is 15.8 Å². The highest BCUT2D eigenvalue weighted by Gasteiger charge is 2.30. The van der Waals surface area contributed by atoms with Crippen LogP contribution in [0.15, 0.2) is 51.8 Å². The van der Waals surface area contributed by atoms with Crippen molar-refractivity contribution in [3.63, 3.8) is 0 Å². The summed E-state index contributed by atoms with van der Waals surface area (Å²) in [5.74, 6) is 0.0965. The van der Waals surface area contributed by atoms with E-state index in [0.29, 0.717) is 17.9 Å². The molecule has 0 unspecified atom stereocenters. The van der Waals surface area contributed by atoms with Crippen LogP contribution in [0.5, 0.6) is 0 Å². The van der Waals surface area contributed by atoms with Gasteiger partial charge in [0.1, 0.15) is 4.90 Å². The van der Waals surface area contributed by atoms with E-state index in [1.54, 1.807) is 30.1 Å². The Kier molecular flexibility index (Phi) is 4.82. The van der Waals surface area contributed by atoms with Gasteiger partial charge in [-0.25, -0.2) is 0 Å². The van der Waals surface area contributed by atoms with Crippen molar-refractivity contribution in [1.29, 1.82) is 0 Å². The summed E-state index contributed by atoms with van der Waals surface area (Å²) < 4.78 is 28.0. The van der Waals surface area contributed by atoms with Gasteiger partial charge >= 0.3 is 0 Å². The summed E-state index contributed by atoms with van der Waals surface area (Å²) in [6.07, 6.45) is 0. The molecule has 136 valence electrons. The van der Waals surface area contributed by atoms with Crippen LogP contribution in [0, 0.1) is 13.8 Å². The maximum Gasteiger partial charge on any atom is 0.285 e. The topological polar surface area (TPSA) is 78.8 Å². The Hall–Kier alpha value is -2.67. The molecule has 7 heteroatoms. The highest BCUT2D eigenvalue weighted by molar-refractivity contribution is 7.90. The fourth-order valence-electron chi connectivity index (χ4n) is 2.95. The molecule has 0 aliphatic carbocycles. The minimum absolute atomic E-state index is 0.0214. The minimum Gasteiger partial charge on any atom is -0.350 e. The number of amidine groups is 1. The number of nitrogens with zero attached hydrogens (tertiary/aromatic N) is 2. The average molecular weight is 371 g/mol. The summed E-state index contributed by atoms with van der Waals surface area (Å²) in [6, 6.07) is 12.7. The molecule has 1 amide bonds. The van der Waals surface area contributed by atoms with Crippen LogP contribution < -0.4 is 5.32 Å². The second-order valence-electron chi connectivity index (χ2n) is 6.45. The average Bonchev–Trinajstić information content (AvgIpc) is 2.86. The standard InChI is InChI=1S/C19H21N3O3S/c1-13-8-9-15(14(2)10-13)11-20-18(23)12-22(3)19-16-6-4-5-7-17(16)26(24,25)21-19/h4-10H,11-12H2,1-3H3,(H,20,23). The van der Waals surface area contributed by atoms with E-state index in [4.69, 9.17) is 0 Å². The quantitative estimate of drug-likeness (QED) is 0.892. The first-order chi connectivity index (χ1) is 12.3. The van der Waals surface area contributed by atoms with E-state index in [1.807, 2.05) is 26.0 Å². The zero-order valence-electron chi connectivity index (χ0n) is 15.0. The van der Waals surface area contributed by atoms with Crippen molar-refractivity contribution in [2.45, 2.75) is 25.3 Å². The molecule has 0 fully saturated rings. The lowest BCUT2D eigenvalue weighted by molar-refractivity contribution is -0.121. The molecular weight excluding hydrogens is 350 g/mol. The van der Waals surface area contributed by atoms with Gasteiger partial charge in [-0.15, -0.1) is 4.40 Å². The fourth-order valence-corrected chi connectivity index (χ4v) is 4.20. The minimum atomic E-state index is -3.69. The van der Waals surface area contributed by atoms with Crippen molar-refractivity contribution < 1.29 is 13.2 Å². The number of benzene rings is 2. The number of likely N-dealkylation sites (N-methyl/N-ethyl adjacent to an activating group) is 1. The number of carbonyl (C=O) groups excluding carboxylic acids is 1. The second-order valence-corrected chi connectivity index (χ2v) is 8.02. The van der Waals surface area contributed by atoms with Crippen LogP contribution in [0.25, 0.3) is 0 Å². The van der Waals surface area contributed by atoms with E-state index in [9.17, 15) is 13.2 Å². The van der Waals surface area contributed by atoms with Gasteiger partial charge in [0, 0.05) is 19.2 Å². The zero-order valence-corrected chi connectivity index (χ0v) is 15.8. The van der Waals surface area contributed by atoms with Crippen molar-refractivity contribution in [2.75, 3.05) is 13.6 Å². The highest BCUT2D eigenvalue weighted by Crippen LogP contribution is 2.26. The first-order valence-electron chi connectivity index (χ1n) is 8.26. The number of fused-ring (bicyclic) bond motifs is 1. The van der Waals surface area contributed by atoms with Crippen molar-refractivity contribution >= 4 is 21.8 Å². The number of sulfonamides is 1. The van der Waals surface area contributed by atoms with Gasteiger partial charge < -0.3 is 10.2 Å². The Morgan fingerprint density at radius 3 is 2.62 bits per heavy atom. The van der Waals surface area contributed by atoms with Gasteiger partial charge in [0.05, 0.1) is 6.54 Å². The first kappa shape index (κ1) is 18.1. The predicted octanol–water partition coefficient (Wildman–Crippen LogP) is 2.00. The van der Waals surface area contributed by atoms with Gasteiger partial charge in [0.15, 0.2) is 5.84 Å². The molecule has 0 saturated heterocycles. The number of amides is 1. The molecule has 6 nitrogen and oxygen atoms in total. The molecule has 26 heavy (non-hydrogen) atoms. The van der Waals surface area contributed by atoms with Crippen molar-refractivity contribution in [3.05, 3.63) is 64.7 Å². The molecule has 1 aliphatic heterocycles. The number of hydrogen-bond donors (Lipinski definition) is 1. The zero-order chi connectivity index (χ0) is 18.9. The largest absolute Gasteiger partial charge is 0.350 e. The molecular formula is C19H21N3O3S. The molecule has 0 bridgehead atoms. The summed E-state index contributed by atoms with van der Waals surface area (Å²) in [5.41, 5.74) is 3.88. The Labute approximate surface area is 153 Å². The maximum absolute atomic E-state index is 12.3. The van der Waals surface area contributed by atoms with Crippen LogP contribution in [0.1, 0.15) is 22.3 Å². The lowest BCUT2D eigenvalue weighted by atomic mass is 10.1. The fraction of sp³-hybridized carbons (Fsp3) is 0.263. The smallest absolute Gasteiger partial charge is 0.285 e. The number of hydrogen-bond acceptors (Lipinski definition) is 4. The Morgan fingerprint density at radius 2 is 1.88 bits per heavy atom.